The van der Waals surface area contributed by atoms with Crippen molar-refractivity contribution in [3.63, 3.8) is 0 Å². The zero-order valence-corrected chi connectivity index (χ0v) is 20.3. The van der Waals surface area contributed by atoms with Gasteiger partial charge in [0.25, 0.3) is 5.56 Å². The molecule has 1 saturated carbocycles. The summed E-state index contributed by atoms with van der Waals surface area (Å²) >= 11 is 0. The number of aliphatic hydroxyl groups excluding tert-OH is 1. The molecule has 11 heteroatoms. The molecule has 0 radical (unpaired) electrons. The van der Waals surface area contributed by atoms with E-state index in [4.69, 9.17) is 4.74 Å². The fourth-order valence-electron chi connectivity index (χ4n) is 4.64. The summed E-state index contributed by atoms with van der Waals surface area (Å²) in [6.45, 7) is 0.673. The third-order valence-electron chi connectivity index (χ3n) is 6.58. The van der Waals surface area contributed by atoms with E-state index in [1.807, 2.05) is 6.07 Å². The molecule has 4 heterocycles. The normalized spacial score (nSPS) is 18.4. The van der Waals surface area contributed by atoms with Crippen LogP contribution in [0.3, 0.4) is 0 Å². The molecule has 1 unspecified atom stereocenters. The van der Waals surface area contributed by atoms with Crippen LogP contribution >= 0.6 is 0 Å². The molecule has 0 bridgehead atoms. The van der Waals surface area contributed by atoms with E-state index in [9.17, 15) is 9.90 Å². The summed E-state index contributed by atoms with van der Waals surface area (Å²) < 4.78 is 8.54. The lowest BCUT2D eigenvalue weighted by molar-refractivity contribution is 0.101. The number of pyridine rings is 2. The lowest BCUT2D eigenvalue weighted by atomic mass is 10.1. The third kappa shape index (κ3) is 4.81. The van der Waals surface area contributed by atoms with Crippen molar-refractivity contribution in [2.75, 3.05) is 31.3 Å². The Labute approximate surface area is 208 Å². The second kappa shape index (κ2) is 10.4. The van der Waals surface area contributed by atoms with E-state index >= 15 is 0 Å². The molecule has 1 fully saturated rings. The predicted octanol–water partition coefficient (Wildman–Crippen LogP) is 2.46. The van der Waals surface area contributed by atoms with E-state index in [0.717, 1.165) is 19.3 Å². The first-order valence-electron chi connectivity index (χ1n) is 12.0. The van der Waals surface area contributed by atoms with Crippen LogP contribution in [-0.4, -0.2) is 56.1 Å². The Bertz CT molecular complexity index is 1390. The highest BCUT2D eigenvalue weighted by molar-refractivity contribution is 5.65. The van der Waals surface area contributed by atoms with Crippen LogP contribution in [0.4, 0.5) is 17.3 Å². The van der Waals surface area contributed by atoms with Gasteiger partial charge in [0.15, 0.2) is 5.65 Å². The average molecular weight is 491 g/mol. The number of rotatable bonds is 9. The maximum Gasteiger partial charge on any atom is 0.279 e. The second-order valence-corrected chi connectivity index (χ2v) is 8.87. The quantitative estimate of drug-likeness (QED) is 0.261. The molecule has 4 aromatic heterocycles. The lowest BCUT2D eigenvalue weighted by Gasteiger charge is -2.16. The van der Waals surface area contributed by atoms with E-state index in [1.165, 1.54) is 4.57 Å². The van der Waals surface area contributed by atoms with Gasteiger partial charge in [-0.2, -0.15) is 9.61 Å². The van der Waals surface area contributed by atoms with Crippen LogP contribution in [0.2, 0.25) is 0 Å². The molecule has 0 spiro atoms. The average Bonchev–Trinajstić information content (AvgIpc) is 3.55. The Balaban J connectivity index is 1.40. The molecule has 4 N–H and O–H groups in total. The van der Waals surface area contributed by atoms with Crippen molar-refractivity contribution in [1.29, 1.82) is 0 Å². The molecule has 36 heavy (non-hydrogen) atoms. The fourth-order valence-corrected chi connectivity index (χ4v) is 4.64. The predicted molar refractivity (Wildman–Crippen MR) is 137 cm³/mol. The monoisotopic (exact) mass is 490 g/mol. The van der Waals surface area contributed by atoms with Crippen LogP contribution < -0.4 is 21.5 Å². The van der Waals surface area contributed by atoms with Gasteiger partial charge in [-0.3, -0.25) is 14.7 Å². The highest BCUT2D eigenvalue weighted by atomic mass is 16.5. The van der Waals surface area contributed by atoms with Crippen LogP contribution in [0.15, 0.2) is 59.8 Å². The summed E-state index contributed by atoms with van der Waals surface area (Å²) in [7, 11) is 3.52. The molecule has 1 aliphatic carbocycles. The zero-order chi connectivity index (χ0) is 25.1. The smallest absolute Gasteiger partial charge is 0.279 e. The van der Waals surface area contributed by atoms with E-state index in [2.05, 4.69) is 31.0 Å². The molecule has 3 atom stereocenters. The van der Waals surface area contributed by atoms with Crippen LogP contribution in [0.1, 0.15) is 31.1 Å². The first-order valence-corrected chi connectivity index (χ1v) is 12.0. The van der Waals surface area contributed by atoms with Crippen molar-refractivity contribution in [1.82, 2.24) is 29.5 Å². The van der Waals surface area contributed by atoms with E-state index in [-0.39, 0.29) is 5.56 Å². The van der Waals surface area contributed by atoms with Crippen LogP contribution in [0.25, 0.3) is 11.5 Å². The maximum absolute atomic E-state index is 13.1. The number of fused-ring (bicyclic) bond motifs is 1. The van der Waals surface area contributed by atoms with Crippen molar-refractivity contribution in [2.45, 2.75) is 31.6 Å². The SMILES string of the molecule is CNc1cc(Nc2cccn(-c3ccccn3)c2=O)nc2c(C(O)NC[C@@H]3CC[C@@H](OC)C3)cnn12. The highest BCUT2D eigenvalue weighted by Crippen LogP contribution is 2.28. The Hall–Kier alpha value is -3.80. The van der Waals surface area contributed by atoms with Crippen LogP contribution in [0.5, 0.6) is 0 Å². The third-order valence-corrected chi connectivity index (χ3v) is 6.58. The standard InChI is InChI=1S/C25H30N8O3/c1-26-22-13-20(30-19-6-5-11-32(25(19)35)21-7-3-4-10-27-21)31-23-18(15-29-33(22)23)24(34)28-14-16-8-9-17(12-16)36-2/h3-7,10-11,13,15-17,24,26,28,34H,8-9,12,14H2,1-2H3,(H,30,31)/t16-,17-,24?/m1/s1. The molecule has 0 amide bonds. The summed E-state index contributed by atoms with van der Waals surface area (Å²) in [5.74, 6) is 2.07. The van der Waals surface area contributed by atoms with Gasteiger partial charge >= 0.3 is 0 Å². The summed E-state index contributed by atoms with van der Waals surface area (Å²) in [6.07, 6.45) is 7.36. The van der Waals surface area contributed by atoms with Crippen LogP contribution in [-0.2, 0) is 4.74 Å². The van der Waals surface area contributed by atoms with Gasteiger partial charge in [0.1, 0.15) is 29.4 Å². The molecule has 4 aromatic rings. The number of nitrogens with one attached hydrogen (secondary N) is 3. The number of hydrogen-bond acceptors (Lipinski definition) is 9. The molecule has 0 aliphatic heterocycles. The molecule has 188 valence electrons. The van der Waals surface area contributed by atoms with Crippen molar-refractivity contribution in [3.05, 3.63) is 70.9 Å². The van der Waals surface area contributed by atoms with Crippen molar-refractivity contribution >= 4 is 23.0 Å². The minimum absolute atomic E-state index is 0.259. The topological polar surface area (TPSA) is 131 Å². The van der Waals surface area contributed by atoms with Gasteiger partial charge in [-0.25, -0.2) is 9.97 Å². The molecule has 11 nitrogen and oxygen atoms in total. The number of aromatic nitrogens is 5. The zero-order valence-electron chi connectivity index (χ0n) is 20.3. The van der Waals surface area contributed by atoms with Crippen molar-refractivity contribution < 1.29 is 9.84 Å². The van der Waals surface area contributed by atoms with Gasteiger partial charge in [-0.15, -0.1) is 0 Å². The Morgan fingerprint density at radius 3 is 2.89 bits per heavy atom. The summed E-state index contributed by atoms with van der Waals surface area (Å²) in [6, 6.07) is 10.6. The van der Waals surface area contributed by atoms with Gasteiger partial charge < -0.3 is 20.5 Å². The molecule has 1 aliphatic rings. The summed E-state index contributed by atoms with van der Waals surface area (Å²) in [4.78, 5) is 22.0. The minimum atomic E-state index is -0.936. The summed E-state index contributed by atoms with van der Waals surface area (Å²) in [5.41, 5.74) is 1.11. The molecule has 0 saturated heterocycles. The first-order chi connectivity index (χ1) is 17.6. The number of aliphatic hydroxyl groups is 1. The Kier molecular flexibility index (Phi) is 6.94. The Morgan fingerprint density at radius 2 is 2.14 bits per heavy atom. The highest BCUT2D eigenvalue weighted by Gasteiger charge is 2.25. The van der Waals surface area contributed by atoms with Crippen LogP contribution in [0, 0.1) is 5.92 Å². The van der Waals surface area contributed by atoms with Crippen molar-refractivity contribution in [3.8, 4) is 5.82 Å². The Morgan fingerprint density at radius 1 is 1.25 bits per heavy atom. The second-order valence-electron chi connectivity index (χ2n) is 8.87. The first kappa shape index (κ1) is 23.9. The number of hydrogen-bond donors (Lipinski definition) is 4. The van der Waals surface area contributed by atoms with Gasteiger partial charge in [-0.1, -0.05) is 6.07 Å². The largest absolute Gasteiger partial charge is 0.381 e. The van der Waals surface area contributed by atoms with E-state index < -0.39 is 6.23 Å². The number of nitrogens with zero attached hydrogens (tertiary/aromatic N) is 5. The molecule has 0 aromatic carbocycles. The van der Waals surface area contributed by atoms with Gasteiger partial charge in [0, 0.05) is 39.2 Å². The molecular formula is C25H30N8O3. The number of anilines is 3. The molecular weight excluding hydrogens is 460 g/mol. The lowest BCUT2D eigenvalue weighted by Crippen LogP contribution is -2.26. The number of methoxy groups -OCH3 is 1. The maximum atomic E-state index is 13.1. The van der Waals surface area contributed by atoms with Crippen molar-refractivity contribution in [2.24, 2.45) is 5.92 Å². The van der Waals surface area contributed by atoms with E-state index in [0.29, 0.717) is 52.9 Å². The van der Waals surface area contributed by atoms with Gasteiger partial charge in [-0.05, 0) is 49.4 Å². The summed E-state index contributed by atoms with van der Waals surface area (Å²) in [5, 5.41) is 24.7. The van der Waals surface area contributed by atoms with E-state index in [1.54, 1.807) is 67.6 Å². The van der Waals surface area contributed by atoms with Gasteiger partial charge in [0.05, 0.1) is 17.9 Å². The van der Waals surface area contributed by atoms with Gasteiger partial charge in [0.2, 0.25) is 0 Å². The minimum Gasteiger partial charge on any atom is -0.381 e. The fraction of sp³-hybridized carbons (Fsp3) is 0.360. The number of ether oxygens (including phenoxy) is 1. The molecule has 5 rings (SSSR count).